The van der Waals surface area contributed by atoms with Crippen molar-refractivity contribution in [2.45, 2.75) is 45.4 Å². The van der Waals surface area contributed by atoms with Crippen molar-refractivity contribution < 1.29 is 4.79 Å². The third-order valence-electron chi connectivity index (χ3n) is 3.87. The average molecular weight is 257 g/mol. The molecule has 0 aromatic carbocycles. The largest absolute Gasteiger partial charge is 0.324 e. The zero-order chi connectivity index (χ0) is 13.7. The lowest BCUT2D eigenvalue weighted by Crippen LogP contribution is -2.34. The molecule has 0 aliphatic heterocycles. The SMILES string of the molecule is Cc1cnccc1NC(=O)C1(C#N)CCCCCC1. The number of carbonyl (C=O) groups excluding carboxylic acids is 1. The van der Waals surface area contributed by atoms with E-state index >= 15 is 0 Å². The maximum atomic E-state index is 12.5. The molecular weight excluding hydrogens is 238 g/mol. The molecule has 2 rings (SSSR count). The highest BCUT2D eigenvalue weighted by Crippen LogP contribution is 2.35. The lowest BCUT2D eigenvalue weighted by Gasteiger charge is -2.24. The minimum atomic E-state index is -0.855. The first-order valence-corrected chi connectivity index (χ1v) is 6.81. The molecule has 0 spiro atoms. The van der Waals surface area contributed by atoms with Crippen LogP contribution in [-0.4, -0.2) is 10.9 Å². The summed E-state index contributed by atoms with van der Waals surface area (Å²) in [5, 5.41) is 12.4. The predicted octanol–water partition coefficient (Wildman–Crippen LogP) is 3.19. The normalized spacial score (nSPS) is 18.1. The Labute approximate surface area is 113 Å². The van der Waals surface area contributed by atoms with Gasteiger partial charge in [-0.05, 0) is 31.4 Å². The van der Waals surface area contributed by atoms with E-state index in [9.17, 15) is 10.1 Å². The molecule has 1 aliphatic carbocycles. The monoisotopic (exact) mass is 257 g/mol. The Morgan fingerprint density at radius 1 is 1.37 bits per heavy atom. The van der Waals surface area contributed by atoms with Gasteiger partial charge in [-0.15, -0.1) is 0 Å². The minimum Gasteiger partial charge on any atom is -0.324 e. The summed E-state index contributed by atoms with van der Waals surface area (Å²) in [6.07, 6.45) is 8.83. The molecule has 0 atom stereocenters. The van der Waals surface area contributed by atoms with Crippen LogP contribution in [0.15, 0.2) is 18.5 Å². The number of carbonyl (C=O) groups is 1. The van der Waals surface area contributed by atoms with Gasteiger partial charge in [0.1, 0.15) is 5.41 Å². The summed E-state index contributed by atoms with van der Waals surface area (Å²) in [6.45, 7) is 1.90. The summed E-state index contributed by atoms with van der Waals surface area (Å²) in [4.78, 5) is 16.5. The number of pyridine rings is 1. The fourth-order valence-electron chi connectivity index (χ4n) is 2.58. The molecule has 4 nitrogen and oxygen atoms in total. The van der Waals surface area contributed by atoms with E-state index in [0.717, 1.165) is 36.9 Å². The Hall–Kier alpha value is -1.89. The standard InChI is InChI=1S/C15H19N3O/c1-12-10-17-9-6-13(12)18-14(19)15(11-16)7-4-2-3-5-8-15/h6,9-10H,2-5,7-8H2,1H3,(H,17,18,19). The lowest BCUT2D eigenvalue weighted by molar-refractivity contribution is -0.123. The maximum Gasteiger partial charge on any atom is 0.244 e. The highest BCUT2D eigenvalue weighted by molar-refractivity contribution is 5.97. The molecule has 1 amide bonds. The highest BCUT2D eigenvalue weighted by Gasteiger charge is 2.38. The van der Waals surface area contributed by atoms with Gasteiger partial charge in [-0.1, -0.05) is 25.7 Å². The van der Waals surface area contributed by atoms with E-state index in [-0.39, 0.29) is 5.91 Å². The summed E-state index contributed by atoms with van der Waals surface area (Å²) in [7, 11) is 0. The number of nitrogens with zero attached hydrogens (tertiary/aromatic N) is 2. The molecule has 0 saturated heterocycles. The molecule has 0 radical (unpaired) electrons. The average Bonchev–Trinajstić information content (AvgIpc) is 2.67. The van der Waals surface area contributed by atoms with E-state index in [0.29, 0.717) is 12.8 Å². The highest BCUT2D eigenvalue weighted by atomic mass is 16.2. The zero-order valence-corrected chi connectivity index (χ0v) is 11.3. The molecule has 4 heteroatoms. The molecular formula is C15H19N3O. The number of nitriles is 1. The second-order valence-electron chi connectivity index (χ2n) is 5.25. The molecule has 0 unspecified atom stereocenters. The number of hydrogen-bond donors (Lipinski definition) is 1. The zero-order valence-electron chi connectivity index (χ0n) is 11.3. The molecule has 1 aliphatic rings. The second-order valence-corrected chi connectivity index (χ2v) is 5.25. The van der Waals surface area contributed by atoms with Crippen LogP contribution in [0.3, 0.4) is 0 Å². The van der Waals surface area contributed by atoms with E-state index in [4.69, 9.17) is 0 Å². The molecule has 1 aromatic heterocycles. The van der Waals surface area contributed by atoms with Crippen molar-refractivity contribution in [3.8, 4) is 6.07 Å². The number of anilines is 1. The fraction of sp³-hybridized carbons (Fsp3) is 0.533. The number of aromatic nitrogens is 1. The summed E-state index contributed by atoms with van der Waals surface area (Å²) in [5.74, 6) is -0.161. The molecule has 1 fully saturated rings. The number of hydrogen-bond acceptors (Lipinski definition) is 3. The van der Waals surface area contributed by atoms with E-state index < -0.39 is 5.41 Å². The molecule has 100 valence electrons. The van der Waals surface area contributed by atoms with Crippen LogP contribution in [0.1, 0.15) is 44.1 Å². The number of aryl methyl sites for hydroxylation is 1. The van der Waals surface area contributed by atoms with Crippen LogP contribution in [0, 0.1) is 23.7 Å². The van der Waals surface area contributed by atoms with Gasteiger partial charge in [0.05, 0.1) is 6.07 Å². The first-order chi connectivity index (χ1) is 9.18. The van der Waals surface area contributed by atoms with Crippen LogP contribution in [-0.2, 0) is 4.79 Å². The Bertz CT molecular complexity index is 496. The van der Waals surface area contributed by atoms with Crippen molar-refractivity contribution in [2.75, 3.05) is 5.32 Å². The number of amides is 1. The Morgan fingerprint density at radius 3 is 2.63 bits per heavy atom. The summed E-state index contributed by atoms with van der Waals surface area (Å²) in [6, 6.07) is 4.04. The minimum absolute atomic E-state index is 0.161. The Balaban J connectivity index is 2.17. The van der Waals surface area contributed by atoms with Crippen LogP contribution in [0.2, 0.25) is 0 Å². The van der Waals surface area contributed by atoms with E-state index in [1.165, 1.54) is 0 Å². The van der Waals surface area contributed by atoms with Gasteiger partial charge in [-0.3, -0.25) is 9.78 Å². The third-order valence-corrected chi connectivity index (χ3v) is 3.87. The van der Waals surface area contributed by atoms with Gasteiger partial charge in [0.2, 0.25) is 5.91 Å². The fourth-order valence-corrected chi connectivity index (χ4v) is 2.58. The summed E-state index contributed by atoms with van der Waals surface area (Å²) in [5.41, 5.74) is 0.808. The van der Waals surface area contributed by atoms with Gasteiger partial charge >= 0.3 is 0 Å². The molecule has 1 heterocycles. The van der Waals surface area contributed by atoms with Crippen LogP contribution in [0.4, 0.5) is 5.69 Å². The van der Waals surface area contributed by atoms with Gasteiger partial charge in [-0.25, -0.2) is 0 Å². The molecule has 1 N–H and O–H groups in total. The quantitative estimate of drug-likeness (QED) is 0.827. The van der Waals surface area contributed by atoms with Crippen LogP contribution < -0.4 is 5.32 Å². The van der Waals surface area contributed by atoms with E-state index in [1.54, 1.807) is 18.5 Å². The smallest absolute Gasteiger partial charge is 0.244 e. The Kier molecular flexibility index (Phi) is 4.16. The first-order valence-electron chi connectivity index (χ1n) is 6.81. The first kappa shape index (κ1) is 13.5. The van der Waals surface area contributed by atoms with Gasteiger partial charge in [0.15, 0.2) is 0 Å². The van der Waals surface area contributed by atoms with Gasteiger partial charge in [0.25, 0.3) is 0 Å². The van der Waals surface area contributed by atoms with Crippen molar-refractivity contribution >= 4 is 11.6 Å². The topological polar surface area (TPSA) is 65.8 Å². The molecule has 1 aromatic rings. The number of rotatable bonds is 2. The molecule has 1 saturated carbocycles. The third kappa shape index (κ3) is 2.93. The van der Waals surface area contributed by atoms with Gasteiger partial charge < -0.3 is 5.32 Å². The van der Waals surface area contributed by atoms with E-state index in [1.807, 2.05) is 6.92 Å². The molecule has 19 heavy (non-hydrogen) atoms. The maximum absolute atomic E-state index is 12.5. The van der Waals surface area contributed by atoms with Crippen molar-refractivity contribution in [1.82, 2.24) is 4.98 Å². The molecule has 0 bridgehead atoms. The van der Waals surface area contributed by atoms with Crippen LogP contribution in [0.25, 0.3) is 0 Å². The predicted molar refractivity (Wildman–Crippen MR) is 73.4 cm³/mol. The van der Waals surface area contributed by atoms with E-state index in [2.05, 4.69) is 16.4 Å². The summed E-state index contributed by atoms with van der Waals surface area (Å²) >= 11 is 0. The Morgan fingerprint density at radius 2 is 2.05 bits per heavy atom. The van der Waals surface area contributed by atoms with Crippen LogP contribution in [0.5, 0.6) is 0 Å². The summed E-state index contributed by atoms with van der Waals surface area (Å²) < 4.78 is 0. The second kappa shape index (κ2) is 5.83. The van der Waals surface area contributed by atoms with Gasteiger partial charge in [0, 0.05) is 18.1 Å². The lowest BCUT2D eigenvalue weighted by atomic mass is 9.81. The van der Waals surface area contributed by atoms with Crippen LogP contribution >= 0.6 is 0 Å². The van der Waals surface area contributed by atoms with Crippen molar-refractivity contribution in [3.05, 3.63) is 24.0 Å². The van der Waals surface area contributed by atoms with Crippen molar-refractivity contribution in [2.24, 2.45) is 5.41 Å². The van der Waals surface area contributed by atoms with Crippen molar-refractivity contribution in [3.63, 3.8) is 0 Å². The van der Waals surface area contributed by atoms with Crippen molar-refractivity contribution in [1.29, 1.82) is 5.26 Å². The van der Waals surface area contributed by atoms with Gasteiger partial charge in [-0.2, -0.15) is 5.26 Å². The number of nitrogens with one attached hydrogen (secondary N) is 1.